The molecule has 3 aromatic carbocycles. The molecule has 4 rings (SSSR count). The van der Waals surface area contributed by atoms with Gasteiger partial charge in [0, 0.05) is 6.04 Å². The molecule has 1 aliphatic heterocycles. The summed E-state index contributed by atoms with van der Waals surface area (Å²) in [5.41, 5.74) is 9.38. The van der Waals surface area contributed by atoms with Crippen LogP contribution in [-0.4, -0.2) is 25.7 Å². The average Bonchev–Trinajstić information content (AvgIpc) is 3.21. The Morgan fingerprint density at radius 2 is 1.38 bits per heavy atom. The van der Waals surface area contributed by atoms with Crippen LogP contribution in [0.25, 0.3) is 22.3 Å². The molecule has 2 atom stereocenters. The van der Waals surface area contributed by atoms with Gasteiger partial charge in [-0.1, -0.05) is 24.3 Å². The van der Waals surface area contributed by atoms with Crippen LogP contribution >= 0.6 is 0 Å². The predicted molar refractivity (Wildman–Crippen MR) is 112 cm³/mol. The third-order valence-electron chi connectivity index (χ3n) is 5.36. The molecule has 3 aromatic rings. The van der Waals surface area contributed by atoms with Crippen molar-refractivity contribution in [3.8, 4) is 28.0 Å². The van der Waals surface area contributed by atoms with Gasteiger partial charge in [-0.25, -0.2) is 8.78 Å². The van der Waals surface area contributed by atoms with E-state index in [2.05, 4.69) is 5.32 Å². The molecule has 5 heteroatoms. The summed E-state index contributed by atoms with van der Waals surface area (Å²) in [5, 5.41) is 3.44. The van der Waals surface area contributed by atoms with Crippen molar-refractivity contribution in [1.29, 1.82) is 0 Å². The normalized spacial score (nSPS) is 18.7. The topological polar surface area (TPSA) is 47.3 Å². The molecule has 1 heterocycles. The van der Waals surface area contributed by atoms with Crippen molar-refractivity contribution in [3.05, 3.63) is 78.4 Å². The van der Waals surface area contributed by atoms with Gasteiger partial charge < -0.3 is 15.8 Å². The van der Waals surface area contributed by atoms with E-state index >= 15 is 0 Å². The predicted octanol–water partition coefficient (Wildman–Crippen LogP) is 4.61. The zero-order valence-electron chi connectivity index (χ0n) is 16.1. The molecule has 1 saturated heterocycles. The van der Waals surface area contributed by atoms with Crippen LogP contribution in [0.2, 0.25) is 0 Å². The van der Waals surface area contributed by atoms with Crippen molar-refractivity contribution in [2.24, 2.45) is 11.7 Å². The van der Waals surface area contributed by atoms with E-state index in [0.29, 0.717) is 19.1 Å². The Labute approximate surface area is 169 Å². The number of ether oxygens (including phenoxy) is 1. The lowest BCUT2D eigenvalue weighted by atomic mass is 9.98. The molecule has 150 valence electrons. The lowest BCUT2D eigenvalue weighted by Crippen LogP contribution is -2.28. The zero-order chi connectivity index (χ0) is 20.2. The van der Waals surface area contributed by atoms with E-state index in [4.69, 9.17) is 10.5 Å². The molecule has 0 spiro atoms. The SMILES string of the molecule is NC[C@@H]1CN[C@H](COc2cc(-c3ccc(F)cc3)cc(-c3ccc(F)cc3)c2)C1. The Hall–Kier alpha value is -2.76. The van der Waals surface area contributed by atoms with E-state index in [1.54, 1.807) is 24.3 Å². The molecule has 3 nitrogen and oxygen atoms in total. The Bertz CT molecular complexity index is 894. The maximum atomic E-state index is 13.3. The number of halogens is 2. The highest BCUT2D eigenvalue weighted by Crippen LogP contribution is 2.32. The average molecular weight is 394 g/mol. The molecule has 0 bridgehead atoms. The highest BCUT2D eigenvalue weighted by atomic mass is 19.1. The summed E-state index contributed by atoms with van der Waals surface area (Å²) in [6.45, 7) is 2.14. The third kappa shape index (κ3) is 4.81. The van der Waals surface area contributed by atoms with Crippen LogP contribution in [0.5, 0.6) is 5.75 Å². The monoisotopic (exact) mass is 394 g/mol. The number of nitrogens with two attached hydrogens (primary N) is 1. The van der Waals surface area contributed by atoms with E-state index in [0.717, 1.165) is 41.0 Å². The van der Waals surface area contributed by atoms with E-state index in [1.807, 2.05) is 18.2 Å². The fourth-order valence-corrected chi connectivity index (χ4v) is 3.71. The maximum absolute atomic E-state index is 13.3. The van der Waals surface area contributed by atoms with Crippen molar-refractivity contribution in [2.45, 2.75) is 12.5 Å². The van der Waals surface area contributed by atoms with Crippen LogP contribution in [0, 0.1) is 17.6 Å². The van der Waals surface area contributed by atoms with E-state index < -0.39 is 0 Å². The summed E-state index contributed by atoms with van der Waals surface area (Å²) < 4.78 is 32.8. The van der Waals surface area contributed by atoms with E-state index in [1.165, 1.54) is 24.3 Å². The van der Waals surface area contributed by atoms with Gasteiger partial charge in [0.15, 0.2) is 0 Å². The van der Waals surface area contributed by atoms with Crippen molar-refractivity contribution >= 4 is 0 Å². The highest BCUT2D eigenvalue weighted by Gasteiger charge is 2.23. The van der Waals surface area contributed by atoms with Gasteiger partial charge in [0.1, 0.15) is 24.0 Å². The Morgan fingerprint density at radius 3 is 1.86 bits per heavy atom. The first-order valence-corrected chi connectivity index (χ1v) is 9.84. The van der Waals surface area contributed by atoms with Crippen LogP contribution in [0.3, 0.4) is 0 Å². The first kappa shape index (κ1) is 19.6. The first-order valence-electron chi connectivity index (χ1n) is 9.84. The van der Waals surface area contributed by atoms with Gasteiger partial charge in [0.25, 0.3) is 0 Å². The van der Waals surface area contributed by atoms with Crippen LogP contribution in [-0.2, 0) is 0 Å². The second kappa shape index (κ2) is 8.72. The third-order valence-corrected chi connectivity index (χ3v) is 5.36. The van der Waals surface area contributed by atoms with Crippen LogP contribution in [0.4, 0.5) is 8.78 Å². The second-order valence-electron chi connectivity index (χ2n) is 7.51. The number of nitrogens with one attached hydrogen (secondary N) is 1. The summed E-state index contributed by atoms with van der Waals surface area (Å²) in [6.07, 6.45) is 0.999. The van der Waals surface area contributed by atoms with E-state index in [9.17, 15) is 8.78 Å². The van der Waals surface area contributed by atoms with Gasteiger partial charge in [-0.3, -0.25) is 0 Å². The van der Waals surface area contributed by atoms with Crippen molar-refractivity contribution in [1.82, 2.24) is 5.32 Å². The molecular weight excluding hydrogens is 370 g/mol. The van der Waals surface area contributed by atoms with Gasteiger partial charge in [-0.05, 0) is 90.1 Å². The summed E-state index contributed by atoms with van der Waals surface area (Å²) in [7, 11) is 0. The van der Waals surface area contributed by atoms with Crippen molar-refractivity contribution in [3.63, 3.8) is 0 Å². The molecule has 0 saturated carbocycles. The van der Waals surface area contributed by atoms with Crippen LogP contribution in [0.1, 0.15) is 6.42 Å². The van der Waals surface area contributed by atoms with Gasteiger partial charge in [-0.2, -0.15) is 0 Å². The highest BCUT2D eigenvalue weighted by molar-refractivity contribution is 5.75. The summed E-state index contributed by atoms with van der Waals surface area (Å²) >= 11 is 0. The molecule has 29 heavy (non-hydrogen) atoms. The molecule has 0 aliphatic carbocycles. The van der Waals surface area contributed by atoms with Gasteiger partial charge in [-0.15, -0.1) is 0 Å². The van der Waals surface area contributed by atoms with E-state index in [-0.39, 0.29) is 17.7 Å². The molecule has 1 fully saturated rings. The minimum absolute atomic E-state index is 0.271. The summed E-state index contributed by atoms with van der Waals surface area (Å²) in [5.74, 6) is 0.663. The number of benzene rings is 3. The molecule has 3 N–H and O–H groups in total. The Morgan fingerprint density at radius 1 is 0.828 bits per heavy atom. The molecule has 0 unspecified atom stereocenters. The van der Waals surface area contributed by atoms with Crippen LogP contribution < -0.4 is 15.8 Å². The molecule has 1 aliphatic rings. The second-order valence-corrected chi connectivity index (χ2v) is 7.51. The largest absolute Gasteiger partial charge is 0.492 e. The smallest absolute Gasteiger partial charge is 0.123 e. The molecule has 0 amide bonds. The lowest BCUT2D eigenvalue weighted by molar-refractivity contribution is 0.275. The molecule has 0 radical (unpaired) electrons. The Kier molecular flexibility index (Phi) is 5.88. The Balaban J connectivity index is 1.62. The number of hydrogen-bond acceptors (Lipinski definition) is 3. The molecule has 0 aromatic heterocycles. The van der Waals surface area contributed by atoms with Crippen molar-refractivity contribution < 1.29 is 13.5 Å². The maximum Gasteiger partial charge on any atom is 0.123 e. The van der Waals surface area contributed by atoms with Gasteiger partial charge in [0.2, 0.25) is 0 Å². The minimum Gasteiger partial charge on any atom is -0.492 e. The first-order chi connectivity index (χ1) is 14.1. The van der Waals surface area contributed by atoms with Gasteiger partial charge in [0.05, 0.1) is 0 Å². The minimum atomic E-state index is -0.276. The zero-order valence-corrected chi connectivity index (χ0v) is 16.1. The molecular formula is C24H24F2N2O. The quantitative estimate of drug-likeness (QED) is 0.642. The fraction of sp³-hybridized carbons (Fsp3) is 0.250. The standard InChI is InChI=1S/C24H24F2N2O/c25-21-5-1-17(2-6-21)19-10-20(18-3-7-22(26)8-4-18)12-24(11-19)29-15-23-9-16(13-27)14-28-23/h1-8,10-12,16,23,28H,9,13-15,27H2/t16-,23+/m1/s1. The lowest BCUT2D eigenvalue weighted by Gasteiger charge is -2.15. The number of rotatable bonds is 6. The van der Waals surface area contributed by atoms with Gasteiger partial charge >= 0.3 is 0 Å². The number of hydrogen-bond donors (Lipinski definition) is 2. The summed E-state index contributed by atoms with van der Waals surface area (Å²) in [6, 6.07) is 18.9. The summed E-state index contributed by atoms with van der Waals surface area (Å²) in [4.78, 5) is 0. The van der Waals surface area contributed by atoms with Crippen LogP contribution in [0.15, 0.2) is 66.7 Å². The van der Waals surface area contributed by atoms with Crippen molar-refractivity contribution in [2.75, 3.05) is 19.7 Å². The fourth-order valence-electron chi connectivity index (χ4n) is 3.71.